The van der Waals surface area contributed by atoms with E-state index in [1.807, 2.05) is 36.4 Å². The van der Waals surface area contributed by atoms with E-state index >= 15 is 0 Å². The topological polar surface area (TPSA) is 99.0 Å². The minimum atomic E-state index is -0.697. The zero-order valence-corrected chi connectivity index (χ0v) is 18.1. The Hall–Kier alpha value is -3.56. The van der Waals surface area contributed by atoms with Crippen LogP contribution in [0.2, 0.25) is 0 Å². The van der Waals surface area contributed by atoms with Crippen molar-refractivity contribution in [2.75, 3.05) is 0 Å². The van der Waals surface area contributed by atoms with Crippen molar-refractivity contribution in [3.63, 3.8) is 0 Å². The number of amides is 2. The standard InChI is InChI=1S/C23H15BrN2O6/c24-16-9-14(20-15(10-16)12-31-23(32-20)13-5-2-1-3-6-13)11-25-21(27)17-7-4-8-18(26(29)30)19(17)22(25)28/h1-10,23H,11-12H2/t23-/m0/s1. The first kappa shape index (κ1) is 20.3. The minimum Gasteiger partial charge on any atom is -0.460 e. The average molecular weight is 495 g/mol. The second-order valence-corrected chi connectivity index (χ2v) is 8.29. The molecule has 2 amide bonds. The number of hydrogen-bond donors (Lipinski definition) is 0. The maximum Gasteiger partial charge on any atom is 0.282 e. The normalized spacial score (nSPS) is 17.0. The number of halogens is 1. The molecule has 0 radical (unpaired) electrons. The smallest absolute Gasteiger partial charge is 0.282 e. The monoisotopic (exact) mass is 494 g/mol. The van der Waals surface area contributed by atoms with Crippen LogP contribution >= 0.6 is 15.9 Å². The molecule has 0 unspecified atom stereocenters. The molecule has 0 fully saturated rings. The molecule has 160 valence electrons. The van der Waals surface area contributed by atoms with Crippen molar-refractivity contribution in [1.29, 1.82) is 0 Å². The van der Waals surface area contributed by atoms with Gasteiger partial charge in [-0.25, -0.2) is 0 Å². The van der Waals surface area contributed by atoms with Crippen LogP contribution in [0.1, 0.15) is 43.7 Å². The molecular formula is C23H15BrN2O6. The van der Waals surface area contributed by atoms with Gasteiger partial charge in [0.2, 0.25) is 6.29 Å². The summed E-state index contributed by atoms with van der Waals surface area (Å²) in [4.78, 5) is 37.7. The molecule has 0 saturated heterocycles. The van der Waals surface area contributed by atoms with Gasteiger partial charge in [-0.3, -0.25) is 24.6 Å². The number of fused-ring (bicyclic) bond motifs is 2. The highest BCUT2D eigenvalue weighted by Crippen LogP contribution is 2.40. The van der Waals surface area contributed by atoms with Gasteiger partial charge in [0, 0.05) is 27.2 Å². The summed E-state index contributed by atoms with van der Waals surface area (Å²) >= 11 is 3.45. The van der Waals surface area contributed by atoms with Gasteiger partial charge < -0.3 is 9.47 Å². The van der Waals surface area contributed by atoms with E-state index in [2.05, 4.69) is 15.9 Å². The number of ether oxygens (including phenoxy) is 2. The first-order valence-electron chi connectivity index (χ1n) is 9.72. The van der Waals surface area contributed by atoms with E-state index in [1.54, 1.807) is 6.07 Å². The first-order chi connectivity index (χ1) is 15.4. The van der Waals surface area contributed by atoms with Crippen molar-refractivity contribution in [2.45, 2.75) is 19.4 Å². The van der Waals surface area contributed by atoms with E-state index in [0.717, 1.165) is 20.5 Å². The zero-order valence-electron chi connectivity index (χ0n) is 16.5. The lowest BCUT2D eigenvalue weighted by atomic mass is 10.1. The molecule has 2 heterocycles. The van der Waals surface area contributed by atoms with Gasteiger partial charge in [-0.2, -0.15) is 0 Å². The molecular weight excluding hydrogens is 480 g/mol. The Morgan fingerprint density at radius 3 is 2.59 bits per heavy atom. The maximum absolute atomic E-state index is 13.0. The Morgan fingerprint density at radius 1 is 1.06 bits per heavy atom. The molecule has 0 aromatic heterocycles. The fourth-order valence-corrected chi connectivity index (χ4v) is 4.50. The van der Waals surface area contributed by atoms with E-state index in [0.29, 0.717) is 11.3 Å². The fourth-order valence-electron chi connectivity index (χ4n) is 3.95. The Balaban J connectivity index is 1.50. The van der Waals surface area contributed by atoms with Crippen molar-refractivity contribution in [3.05, 3.63) is 103 Å². The average Bonchev–Trinajstić information content (AvgIpc) is 3.04. The van der Waals surface area contributed by atoms with Crippen LogP contribution in [-0.4, -0.2) is 21.6 Å². The molecule has 0 N–H and O–H groups in total. The highest BCUT2D eigenvalue weighted by molar-refractivity contribution is 9.10. The van der Waals surface area contributed by atoms with Crippen molar-refractivity contribution >= 4 is 33.4 Å². The van der Waals surface area contributed by atoms with Gasteiger partial charge >= 0.3 is 0 Å². The number of imide groups is 1. The van der Waals surface area contributed by atoms with Crippen molar-refractivity contribution < 1.29 is 24.0 Å². The summed E-state index contributed by atoms with van der Waals surface area (Å²) in [5.74, 6) is -0.744. The van der Waals surface area contributed by atoms with Gasteiger partial charge in [-0.05, 0) is 18.2 Å². The maximum atomic E-state index is 13.0. The SMILES string of the molecule is O=C1c2cccc([N+](=O)[O-])c2C(=O)N1Cc1cc(Br)cc2c1O[C@@H](c1ccccc1)OC2. The molecule has 1 atom stereocenters. The van der Waals surface area contributed by atoms with Crippen LogP contribution < -0.4 is 4.74 Å². The summed E-state index contributed by atoms with van der Waals surface area (Å²) in [5, 5.41) is 11.4. The predicted molar refractivity (Wildman–Crippen MR) is 116 cm³/mol. The van der Waals surface area contributed by atoms with Crippen LogP contribution in [0.15, 0.2) is 65.1 Å². The van der Waals surface area contributed by atoms with Gasteiger partial charge in [-0.15, -0.1) is 0 Å². The lowest BCUT2D eigenvalue weighted by Crippen LogP contribution is -2.30. The lowest BCUT2D eigenvalue weighted by Gasteiger charge is -2.29. The Bertz CT molecular complexity index is 1280. The van der Waals surface area contributed by atoms with Crippen LogP contribution in [0.25, 0.3) is 0 Å². The summed E-state index contributed by atoms with van der Waals surface area (Å²) in [6, 6.07) is 17.1. The third kappa shape index (κ3) is 3.35. The van der Waals surface area contributed by atoms with E-state index < -0.39 is 23.0 Å². The zero-order chi connectivity index (χ0) is 22.4. The molecule has 0 saturated carbocycles. The van der Waals surface area contributed by atoms with E-state index in [1.165, 1.54) is 18.2 Å². The third-order valence-corrected chi connectivity index (χ3v) is 5.85. The molecule has 9 heteroatoms. The third-order valence-electron chi connectivity index (χ3n) is 5.40. The predicted octanol–water partition coefficient (Wildman–Crippen LogP) is 4.76. The number of hydrogen-bond acceptors (Lipinski definition) is 6. The largest absolute Gasteiger partial charge is 0.460 e. The summed E-state index contributed by atoms with van der Waals surface area (Å²) in [6.45, 7) is 0.196. The highest BCUT2D eigenvalue weighted by Gasteiger charge is 2.41. The second-order valence-electron chi connectivity index (χ2n) is 7.38. The molecule has 2 aliphatic heterocycles. The minimum absolute atomic E-state index is 0.0273. The second kappa shape index (κ2) is 7.85. The quantitative estimate of drug-likeness (QED) is 0.294. The Morgan fingerprint density at radius 2 is 1.84 bits per heavy atom. The van der Waals surface area contributed by atoms with Crippen molar-refractivity contribution in [1.82, 2.24) is 4.90 Å². The Labute approximate surface area is 190 Å². The Kier molecular flexibility index (Phi) is 4.99. The lowest BCUT2D eigenvalue weighted by molar-refractivity contribution is -0.385. The van der Waals surface area contributed by atoms with E-state index in [-0.39, 0.29) is 30.0 Å². The van der Waals surface area contributed by atoms with Crippen molar-refractivity contribution in [2.24, 2.45) is 0 Å². The fraction of sp³-hybridized carbons (Fsp3) is 0.130. The van der Waals surface area contributed by atoms with Gasteiger partial charge in [0.25, 0.3) is 17.5 Å². The number of rotatable bonds is 4. The van der Waals surface area contributed by atoms with Crippen LogP contribution in [0.4, 0.5) is 5.69 Å². The summed E-state index contributed by atoms with van der Waals surface area (Å²) in [5.41, 5.74) is 1.66. The molecule has 0 bridgehead atoms. The molecule has 3 aromatic rings. The van der Waals surface area contributed by atoms with E-state index in [4.69, 9.17) is 9.47 Å². The number of nitro groups is 1. The summed E-state index contributed by atoms with van der Waals surface area (Å²) in [7, 11) is 0. The molecule has 32 heavy (non-hydrogen) atoms. The molecule has 0 spiro atoms. The van der Waals surface area contributed by atoms with Crippen LogP contribution in [-0.2, 0) is 17.9 Å². The van der Waals surface area contributed by atoms with Crippen LogP contribution in [0.5, 0.6) is 5.75 Å². The van der Waals surface area contributed by atoms with Crippen molar-refractivity contribution in [3.8, 4) is 5.75 Å². The highest BCUT2D eigenvalue weighted by atomic mass is 79.9. The molecule has 8 nitrogen and oxygen atoms in total. The van der Waals surface area contributed by atoms with Crippen LogP contribution in [0, 0.1) is 10.1 Å². The first-order valence-corrected chi connectivity index (χ1v) is 10.5. The van der Waals surface area contributed by atoms with E-state index in [9.17, 15) is 19.7 Å². The molecule has 0 aliphatic carbocycles. The molecule has 2 aliphatic rings. The number of nitro benzene ring substituents is 1. The number of nitrogens with zero attached hydrogens (tertiary/aromatic N) is 2. The summed E-state index contributed by atoms with van der Waals surface area (Å²) < 4.78 is 12.7. The number of benzene rings is 3. The summed E-state index contributed by atoms with van der Waals surface area (Å²) in [6.07, 6.45) is -0.633. The van der Waals surface area contributed by atoms with Gasteiger partial charge in [0.05, 0.1) is 23.6 Å². The van der Waals surface area contributed by atoms with Gasteiger partial charge in [0.15, 0.2) is 0 Å². The van der Waals surface area contributed by atoms with Gasteiger partial charge in [-0.1, -0.05) is 52.3 Å². The molecule has 3 aromatic carbocycles. The number of carbonyl (C=O) groups is 2. The number of carbonyl (C=O) groups excluding carboxylic acids is 2. The molecule has 5 rings (SSSR count). The van der Waals surface area contributed by atoms with Gasteiger partial charge in [0.1, 0.15) is 11.3 Å². The van der Waals surface area contributed by atoms with Crippen LogP contribution in [0.3, 0.4) is 0 Å².